The van der Waals surface area contributed by atoms with Crippen LogP contribution in [0.25, 0.3) is 16.6 Å². The summed E-state index contributed by atoms with van der Waals surface area (Å²) in [5, 5.41) is 3.68. The van der Waals surface area contributed by atoms with E-state index in [4.69, 9.17) is 14.2 Å². The first kappa shape index (κ1) is 25.7. The summed E-state index contributed by atoms with van der Waals surface area (Å²) < 4.78 is 49.1. The number of methoxy groups -OCH3 is 1. The molecule has 206 valence electrons. The molecule has 0 radical (unpaired) electrons. The fourth-order valence-corrected chi connectivity index (χ4v) is 4.79. The summed E-state index contributed by atoms with van der Waals surface area (Å²) in [6.45, 7) is 2.01. The van der Waals surface area contributed by atoms with Gasteiger partial charge < -0.3 is 28.8 Å². The predicted octanol–water partition coefficient (Wildman–Crippen LogP) is 5.24. The number of halogens is 2. The van der Waals surface area contributed by atoms with Gasteiger partial charge in [0.15, 0.2) is 11.9 Å². The van der Waals surface area contributed by atoms with E-state index in [2.05, 4.69) is 25.3 Å². The number of hydrogen-bond donors (Lipinski definition) is 1. The lowest BCUT2D eigenvalue weighted by Gasteiger charge is -2.36. The molecule has 12 heteroatoms. The summed E-state index contributed by atoms with van der Waals surface area (Å²) >= 11 is 0. The van der Waals surface area contributed by atoms with Gasteiger partial charge in [-0.1, -0.05) is 0 Å². The molecule has 4 aromatic heterocycles. The summed E-state index contributed by atoms with van der Waals surface area (Å²) in [6, 6.07) is 9.31. The molecule has 1 N–H and O–H groups in total. The van der Waals surface area contributed by atoms with Gasteiger partial charge in [0.05, 0.1) is 30.8 Å². The molecule has 0 spiro atoms. The number of imidazole rings is 1. The molecule has 0 bridgehead atoms. The number of nitrogens with zero attached hydrogens (tertiary/aromatic N) is 6. The van der Waals surface area contributed by atoms with E-state index in [9.17, 15) is 8.78 Å². The van der Waals surface area contributed by atoms with Crippen molar-refractivity contribution >= 4 is 28.1 Å². The lowest BCUT2D eigenvalue weighted by atomic mass is 10.0. The lowest BCUT2D eigenvalue weighted by molar-refractivity contribution is -0.135. The second-order valence-electron chi connectivity index (χ2n) is 9.74. The van der Waals surface area contributed by atoms with Crippen molar-refractivity contribution in [3.8, 4) is 23.1 Å². The van der Waals surface area contributed by atoms with Gasteiger partial charge in [0.25, 0.3) is 11.8 Å². The Morgan fingerprint density at radius 2 is 1.95 bits per heavy atom. The Morgan fingerprint density at radius 3 is 2.75 bits per heavy atom. The smallest absolute Gasteiger partial charge is 0.296 e. The Hall–Kier alpha value is -4.58. The zero-order valence-corrected chi connectivity index (χ0v) is 22.1. The standard InChI is InChI=1S/C28H27F2N7O3/c1-17-12-18(4-5-21(17)39-19-6-10-37-11-8-31-23(37)13-19)35-26-24-20(33-16-34-26)14-32-27(38-3)25(24)40-22-7-9-36(2)15-28(22,29)30/h4-6,8,10-14,16,22H,7,9,15H2,1-3H3,(H,33,34,35)/t22-/m1/s1. The minimum absolute atomic E-state index is 0.0726. The Labute approximate surface area is 228 Å². The molecule has 10 nitrogen and oxygen atoms in total. The first-order chi connectivity index (χ1) is 19.3. The van der Waals surface area contributed by atoms with Crippen LogP contribution in [0.4, 0.5) is 20.3 Å². The maximum Gasteiger partial charge on any atom is 0.296 e. The van der Waals surface area contributed by atoms with E-state index < -0.39 is 18.6 Å². The minimum atomic E-state index is -3.06. The summed E-state index contributed by atoms with van der Waals surface area (Å²) in [5.41, 5.74) is 2.79. The molecule has 1 fully saturated rings. The molecule has 0 aliphatic carbocycles. The fourth-order valence-electron chi connectivity index (χ4n) is 4.79. The van der Waals surface area contributed by atoms with Crippen molar-refractivity contribution in [1.29, 1.82) is 0 Å². The van der Waals surface area contributed by atoms with Gasteiger partial charge >= 0.3 is 0 Å². The number of piperidine rings is 1. The van der Waals surface area contributed by atoms with Gasteiger partial charge in [0.1, 0.15) is 29.3 Å². The van der Waals surface area contributed by atoms with Crippen LogP contribution in [0.3, 0.4) is 0 Å². The Morgan fingerprint density at radius 1 is 1.07 bits per heavy atom. The normalized spacial score (nSPS) is 17.2. The zero-order valence-electron chi connectivity index (χ0n) is 22.1. The van der Waals surface area contributed by atoms with Gasteiger partial charge in [0.2, 0.25) is 0 Å². The summed E-state index contributed by atoms with van der Waals surface area (Å²) in [4.78, 5) is 18.8. The second-order valence-corrected chi connectivity index (χ2v) is 9.74. The molecule has 5 aromatic rings. The zero-order chi connectivity index (χ0) is 27.9. The Bertz CT molecular complexity index is 1690. The highest BCUT2D eigenvalue weighted by Crippen LogP contribution is 2.41. The highest BCUT2D eigenvalue weighted by Gasteiger charge is 2.46. The van der Waals surface area contributed by atoms with Crippen molar-refractivity contribution in [3.05, 3.63) is 67.0 Å². The van der Waals surface area contributed by atoms with Crippen LogP contribution < -0.4 is 19.5 Å². The Kier molecular flexibility index (Phi) is 6.54. The maximum atomic E-state index is 14.9. The molecular formula is C28H27F2N7O3. The number of alkyl halides is 2. The number of benzene rings is 1. The number of nitrogens with one attached hydrogen (secondary N) is 1. The summed E-state index contributed by atoms with van der Waals surface area (Å²) in [5.74, 6) is -1.20. The van der Waals surface area contributed by atoms with Crippen LogP contribution in [0, 0.1) is 6.92 Å². The Balaban J connectivity index is 1.31. The second kappa shape index (κ2) is 10.2. The predicted molar refractivity (Wildman–Crippen MR) is 145 cm³/mol. The van der Waals surface area contributed by atoms with Crippen LogP contribution in [0.1, 0.15) is 12.0 Å². The van der Waals surface area contributed by atoms with Crippen LogP contribution in [-0.2, 0) is 0 Å². The monoisotopic (exact) mass is 547 g/mol. The van der Waals surface area contributed by atoms with Gasteiger partial charge in [-0.25, -0.2) is 28.7 Å². The van der Waals surface area contributed by atoms with Crippen molar-refractivity contribution in [2.45, 2.75) is 25.4 Å². The number of fused-ring (bicyclic) bond motifs is 2. The number of hydrogen-bond acceptors (Lipinski definition) is 9. The number of aromatic nitrogens is 5. The lowest BCUT2D eigenvalue weighted by Crippen LogP contribution is -2.52. The van der Waals surface area contributed by atoms with Crippen molar-refractivity contribution in [2.24, 2.45) is 0 Å². The number of aryl methyl sites for hydroxylation is 1. The van der Waals surface area contributed by atoms with E-state index in [1.807, 2.05) is 54.0 Å². The van der Waals surface area contributed by atoms with E-state index in [1.165, 1.54) is 19.6 Å². The van der Waals surface area contributed by atoms with Gasteiger partial charge in [-0.2, -0.15) is 0 Å². The minimum Gasteiger partial charge on any atom is -0.478 e. The molecule has 1 atom stereocenters. The molecular weight excluding hydrogens is 520 g/mol. The van der Waals surface area contributed by atoms with Crippen LogP contribution in [0.2, 0.25) is 0 Å². The van der Waals surface area contributed by atoms with Crippen LogP contribution in [0.15, 0.2) is 61.4 Å². The molecule has 0 amide bonds. The largest absolute Gasteiger partial charge is 0.478 e. The van der Waals surface area contributed by atoms with Crippen molar-refractivity contribution in [3.63, 3.8) is 0 Å². The van der Waals surface area contributed by atoms with E-state index in [1.54, 1.807) is 18.1 Å². The maximum absolute atomic E-state index is 14.9. The number of ether oxygens (including phenoxy) is 3. The molecule has 6 rings (SSSR count). The molecule has 0 unspecified atom stereocenters. The number of anilines is 2. The average molecular weight is 548 g/mol. The van der Waals surface area contributed by atoms with Crippen LogP contribution in [-0.4, -0.2) is 68.5 Å². The third-order valence-corrected chi connectivity index (χ3v) is 6.82. The third-order valence-electron chi connectivity index (χ3n) is 6.82. The van der Waals surface area contributed by atoms with Crippen molar-refractivity contribution in [1.82, 2.24) is 29.2 Å². The number of likely N-dealkylation sites (tertiary alicyclic amines) is 1. The third kappa shape index (κ3) is 4.93. The highest BCUT2D eigenvalue weighted by molar-refractivity contribution is 5.96. The van der Waals surface area contributed by atoms with Crippen molar-refractivity contribution in [2.75, 3.05) is 32.6 Å². The first-order valence-corrected chi connectivity index (χ1v) is 12.7. The van der Waals surface area contributed by atoms with E-state index >= 15 is 0 Å². The summed E-state index contributed by atoms with van der Waals surface area (Å²) in [6.07, 6.45) is 7.15. The molecule has 0 saturated carbocycles. The van der Waals surface area contributed by atoms with Crippen LogP contribution in [0.5, 0.6) is 23.1 Å². The molecule has 5 heterocycles. The molecule has 1 aliphatic rings. The number of pyridine rings is 2. The van der Waals surface area contributed by atoms with E-state index in [0.29, 0.717) is 40.5 Å². The van der Waals surface area contributed by atoms with Gasteiger partial charge in [0, 0.05) is 43.3 Å². The number of rotatable bonds is 7. The van der Waals surface area contributed by atoms with Gasteiger partial charge in [-0.05, 0) is 43.8 Å². The average Bonchev–Trinajstić information content (AvgIpc) is 3.39. The fraction of sp³-hybridized carbons (Fsp3) is 0.286. The quantitative estimate of drug-likeness (QED) is 0.293. The van der Waals surface area contributed by atoms with E-state index in [0.717, 1.165) is 11.2 Å². The molecule has 1 saturated heterocycles. The van der Waals surface area contributed by atoms with Crippen LogP contribution >= 0.6 is 0 Å². The first-order valence-electron chi connectivity index (χ1n) is 12.7. The summed E-state index contributed by atoms with van der Waals surface area (Å²) in [7, 11) is 3.08. The van der Waals surface area contributed by atoms with E-state index in [-0.39, 0.29) is 18.1 Å². The molecule has 40 heavy (non-hydrogen) atoms. The SMILES string of the molecule is COc1ncc2ncnc(Nc3ccc(Oc4ccn5ccnc5c4)c(C)c3)c2c1O[C@@H]1CCN(C)CC1(F)F. The van der Waals surface area contributed by atoms with Crippen molar-refractivity contribution < 1.29 is 23.0 Å². The topological polar surface area (TPSA) is 98.9 Å². The molecule has 1 aromatic carbocycles. The van der Waals surface area contributed by atoms with Gasteiger partial charge in [-0.15, -0.1) is 0 Å². The highest BCUT2D eigenvalue weighted by atomic mass is 19.3. The molecule has 1 aliphatic heterocycles. The van der Waals surface area contributed by atoms with Gasteiger partial charge in [-0.3, -0.25) is 0 Å².